The molecule has 0 unspecified atom stereocenters. The van der Waals surface area contributed by atoms with Gasteiger partial charge in [-0.05, 0) is 35.9 Å². The van der Waals surface area contributed by atoms with Crippen molar-refractivity contribution in [3.8, 4) is 17.2 Å². The molecule has 0 aromatic heterocycles. The third-order valence-electron chi connectivity index (χ3n) is 5.30. The Balaban J connectivity index is 1.57. The molecule has 0 bridgehead atoms. The zero-order valence-corrected chi connectivity index (χ0v) is 18.4. The molecule has 0 fully saturated rings. The molecule has 0 atom stereocenters. The Labute approximate surface area is 190 Å². The van der Waals surface area contributed by atoms with Crippen molar-refractivity contribution in [3.05, 3.63) is 82.9 Å². The highest BCUT2D eigenvalue weighted by Gasteiger charge is 2.32. The van der Waals surface area contributed by atoms with Gasteiger partial charge in [-0.25, -0.2) is 0 Å². The first-order valence-corrected chi connectivity index (χ1v) is 10.1. The molecule has 4 rings (SSSR count). The highest BCUT2D eigenvalue weighted by Crippen LogP contribution is 2.39. The first-order chi connectivity index (χ1) is 15.9. The minimum Gasteiger partial charge on any atom is -0.493 e. The van der Waals surface area contributed by atoms with E-state index >= 15 is 0 Å². The molecule has 0 saturated heterocycles. The summed E-state index contributed by atoms with van der Waals surface area (Å²) in [7, 11) is 4.37. The molecule has 3 aromatic carbocycles. The molecule has 0 aliphatic carbocycles. The number of benzene rings is 3. The maximum absolute atomic E-state index is 12.9. The normalized spacial score (nSPS) is 12.4. The summed E-state index contributed by atoms with van der Waals surface area (Å²) in [6.45, 7) is 0.301. The molecule has 3 amide bonds. The molecule has 1 N–H and O–H groups in total. The average Bonchev–Trinajstić information content (AvgIpc) is 3.06. The van der Waals surface area contributed by atoms with Gasteiger partial charge < -0.3 is 19.5 Å². The molecule has 1 aliphatic rings. The molecule has 8 heteroatoms. The third kappa shape index (κ3) is 4.23. The molecule has 8 nitrogen and oxygen atoms in total. The van der Waals surface area contributed by atoms with Crippen LogP contribution in [0.4, 0.5) is 5.69 Å². The Bertz CT molecular complexity index is 1210. The van der Waals surface area contributed by atoms with Crippen molar-refractivity contribution in [2.75, 3.05) is 26.6 Å². The number of nitrogens with zero attached hydrogens (tertiary/aromatic N) is 1. The SMILES string of the molecule is COc1cc(C(=O)Nc2ccc3c(c2)C(=O)N(C)C3=O)cc(OC)c1OCc1ccccc1. The lowest BCUT2D eigenvalue weighted by Crippen LogP contribution is -2.24. The van der Waals surface area contributed by atoms with Gasteiger partial charge in [0.1, 0.15) is 6.61 Å². The maximum atomic E-state index is 12.9. The van der Waals surface area contributed by atoms with E-state index in [1.165, 1.54) is 33.4 Å². The number of hydrogen-bond donors (Lipinski definition) is 1. The number of methoxy groups -OCH3 is 2. The highest BCUT2D eigenvalue weighted by atomic mass is 16.5. The van der Waals surface area contributed by atoms with Gasteiger partial charge >= 0.3 is 0 Å². The second kappa shape index (κ2) is 9.04. The van der Waals surface area contributed by atoms with Crippen LogP contribution in [0, 0.1) is 0 Å². The fourth-order valence-electron chi connectivity index (χ4n) is 3.53. The lowest BCUT2D eigenvalue weighted by atomic mass is 10.1. The number of amides is 3. The zero-order valence-electron chi connectivity index (χ0n) is 18.4. The number of hydrogen-bond acceptors (Lipinski definition) is 6. The fourth-order valence-corrected chi connectivity index (χ4v) is 3.53. The predicted octanol–water partition coefficient (Wildman–Crippen LogP) is 3.76. The number of carbonyl (C=O) groups excluding carboxylic acids is 3. The lowest BCUT2D eigenvalue weighted by Gasteiger charge is -2.16. The van der Waals surface area contributed by atoms with Crippen molar-refractivity contribution in [2.24, 2.45) is 0 Å². The lowest BCUT2D eigenvalue weighted by molar-refractivity contribution is 0.0692. The monoisotopic (exact) mass is 446 g/mol. The summed E-state index contributed by atoms with van der Waals surface area (Å²) in [4.78, 5) is 38.3. The smallest absolute Gasteiger partial charge is 0.261 e. The number of imide groups is 1. The molecule has 33 heavy (non-hydrogen) atoms. The summed E-state index contributed by atoms with van der Waals surface area (Å²) in [5.41, 5.74) is 2.19. The van der Waals surface area contributed by atoms with Crippen molar-refractivity contribution in [3.63, 3.8) is 0 Å². The number of fused-ring (bicyclic) bond motifs is 1. The Hall–Kier alpha value is -4.33. The van der Waals surface area contributed by atoms with Gasteiger partial charge in [0.2, 0.25) is 5.75 Å². The first kappa shape index (κ1) is 21.9. The standard InChI is InChI=1S/C25H22N2O6/c1-27-24(29)18-10-9-17(13-19(18)25(27)30)26-23(28)16-11-20(31-2)22(21(12-16)32-3)33-14-15-7-5-4-6-8-15/h4-13H,14H2,1-3H3,(H,26,28). The second-order valence-corrected chi connectivity index (χ2v) is 7.37. The summed E-state index contributed by atoms with van der Waals surface area (Å²) < 4.78 is 16.8. The van der Waals surface area contributed by atoms with Crippen LogP contribution in [0.2, 0.25) is 0 Å². The average molecular weight is 446 g/mol. The van der Waals surface area contributed by atoms with Gasteiger partial charge in [-0.3, -0.25) is 19.3 Å². The third-order valence-corrected chi connectivity index (χ3v) is 5.30. The number of anilines is 1. The molecule has 0 radical (unpaired) electrons. The maximum Gasteiger partial charge on any atom is 0.261 e. The number of nitrogens with one attached hydrogen (secondary N) is 1. The number of carbonyl (C=O) groups is 3. The molecule has 1 aliphatic heterocycles. The molecule has 0 saturated carbocycles. The molecule has 168 valence electrons. The van der Waals surface area contributed by atoms with Crippen molar-refractivity contribution < 1.29 is 28.6 Å². The van der Waals surface area contributed by atoms with E-state index in [9.17, 15) is 14.4 Å². The summed E-state index contributed by atoms with van der Waals surface area (Å²) in [6, 6.07) is 17.3. The minimum atomic E-state index is -0.439. The van der Waals surface area contributed by atoms with Gasteiger partial charge in [0.15, 0.2) is 11.5 Å². The largest absolute Gasteiger partial charge is 0.493 e. The Morgan fingerprint density at radius 3 is 2.15 bits per heavy atom. The van der Waals surface area contributed by atoms with Gasteiger partial charge in [-0.2, -0.15) is 0 Å². The van der Waals surface area contributed by atoms with Gasteiger partial charge in [-0.15, -0.1) is 0 Å². The predicted molar refractivity (Wildman–Crippen MR) is 121 cm³/mol. The Morgan fingerprint density at radius 1 is 0.879 bits per heavy atom. The van der Waals surface area contributed by atoms with Crippen molar-refractivity contribution in [2.45, 2.75) is 6.61 Å². The summed E-state index contributed by atoms with van der Waals surface area (Å²) in [5, 5.41) is 2.75. The van der Waals surface area contributed by atoms with Crippen LogP contribution in [0.25, 0.3) is 0 Å². The van der Waals surface area contributed by atoms with Crippen molar-refractivity contribution >= 4 is 23.4 Å². The summed E-state index contributed by atoms with van der Waals surface area (Å²) in [5.74, 6) is -0.155. The fraction of sp³-hybridized carbons (Fsp3) is 0.160. The Morgan fingerprint density at radius 2 is 1.52 bits per heavy atom. The van der Waals surface area contributed by atoms with Crippen molar-refractivity contribution in [1.82, 2.24) is 4.90 Å². The topological polar surface area (TPSA) is 94.2 Å². The van der Waals surface area contributed by atoms with Crippen LogP contribution < -0.4 is 19.5 Å². The Kier molecular flexibility index (Phi) is 5.99. The van der Waals surface area contributed by atoms with Crippen LogP contribution in [-0.4, -0.2) is 43.9 Å². The van der Waals surface area contributed by atoms with E-state index in [4.69, 9.17) is 14.2 Å². The van der Waals surface area contributed by atoms with Gasteiger partial charge in [-0.1, -0.05) is 30.3 Å². The van der Waals surface area contributed by atoms with Crippen LogP contribution in [0.1, 0.15) is 36.6 Å². The van der Waals surface area contributed by atoms with Crippen molar-refractivity contribution in [1.29, 1.82) is 0 Å². The highest BCUT2D eigenvalue weighted by molar-refractivity contribution is 6.21. The van der Waals surface area contributed by atoms with Gasteiger partial charge in [0.05, 0.1) is 25.3 Å². The molecule has 0 spiro atoms. The molecule has 1 heterocycles. The van der Waals surface area contributed by atoms with Crippen LogP contribution in [0.5, 0.6) is 17.2 Å². The first-order valence-electron chi connectivity index (χ1n) is 10.1. The molecule has 3 aromatic rings. The van der Waals surface area contributed by atoms with Crippen LogP contribution in [-0.2, 0) is 6.61 Å². The number of ether oxygens (including phenoxy) is 3. The van der Waals surface area contributed by atoms with E-state index in [0.717, 1.165) is 10.5 Å². The quantitative estimate of drug-likeness (QED) is 0.556. The van der Waals surface area contributed by atoms with Crippen LogP contribution >= 0.6 is 0 Å². The number of rotatable bonds is 7. The van der Waals surface area contributed by atoms with E-state index in [2.05, 4.69) is 5.32 Å². The molecular weight excluding hydrogens is 424 g/mol. The minimum absolute atomic E-state index is 0.250. The summed E-state index contributed by atoms with van der Waals surface area (Å²) >= 11 is 0. The van der Waals surface area contributed by atoms with Crippen LogP contribution in [0.15, 0.2) is 60.7 Å². The van der Waals surface area contributed by atoms with Gasteiger partial charge in [0.25, 0.3) is 17.7 Å². The van der Waals surface area contributed by atoms with Gasteiger partial charge in [0, 0.05) is 18.3 Å². The van der Waals surface area contributed by atoms with E-state index in [-0.39, 0.29) is 17.0 Å². The van der Waals surface area contributed by atoms with E-state index in [1.807, 2.05) is 30.3 Å². The van der Waals surface area contributed by atoms with E-state index in [0.29, 0.717) is 35.1 Å². The van der Waals surface area contributed by atoms with E-state index in [1.54, 1.807) is 18.2 Å². The van der Waals surface area contributed by atoms with E-state index < -0.39 is 11.8 Å². The zero-order chi connectivity index (χ0) is 23.5. The summed E-state index contributed by atoms with van der Waals surface area (Å²) in [6.07, 6.45) is 0. The molecular formula is C25H22N2O6. The second-order valence-electron chi connectivity index (χ2n) is 7.37. The van der Waals surface area contributed by atoms with Crippen LogP contribution in [0.3, 0.4) is 0 Å².